The summed E-state index contributed by atoms with van der Waals surface area (Å²) < 4.78 is 5.29. The number of rotatable bonds is 4. The van der Waals surface area contributed by atoms with Gasteiger partial charge in [-0.05, 0) is 36.8 Å². The van der Waals surface area contributed by atoms with Gasteiger partial charge in [0.25, 0.3) is 0 Å². The summed E-state index contributed by atoms with van der Waals surface area (Å²) in [5, 5.41) is 10.6. The molecule has 1 aromatic carbocycles. The van der Waals surface area contributed by atoms with Crippen LogP contribution in [0.5, 0.6) is 5.75 Å². The topological polar surface area (TPSA) is 83.5 Å². The fourth-order valence-electron chi connectivity index (χ4n) is 0.993. The third-order valence-corrected chi connectivity index (χ3v) is 1.59. The van der Waals surface area contributed by atoms with Crippen LogP contribution in [-0.2, 0) is 0 Å². The van der Waals surface area contributed by atoms with Gasteiger partial charge in [-0.25, -0.2) is 5.43 Å². The Bertz CT molecular complexity index is 350. The summed E-state index contributed by atoms with van der Waals surface area (Å²) in [6, 6.07) is 7.46. The summed E-state index contributed by atoms with van der Waals surface area (Å²) in [6.45, 7) is 2.59. The largest absolute Gasteiger partial charge is 0.494 e. The lowest BCUT2D eigenvalue weighted by Gasteiger charge is -2.01. The highest BCUT2D eigenvalue weighted by Gasteiger charge is 1.91. The van der Waals surface area contributed by atoms with Crippen LogP contribution in [0.2, 0.25) is 0 Å². The van der Waals surface area contributed by atoms with Crippen LogP contribution < -0.4 is 15.9 Å². The van der Waals surface area contributed by atoms with Crippen LogP contribution in [0.25, 0.3) is 0 Å². The minimum absolute atomic E-state index is 0. The van der Waals surface area contributed by atoms with Gasteiger partial charge >= 0.3 is 0 Å². The summed E-state index contributed by atoms with van der Waals surface area (Å²) in [4.78, 5) is 0. The van der Waals surface area contributed by atoms with E-state index >= 15 is 0 Å². The predicted molar refractivity (Wildman–Crippen MR) is 67.5 cm³/mol. The lowest BCUT2D eigenvalue weighted by molar-refractivity contribution is 0.340. The van der Waals surface area contributed by atoms with E-state index < -0.39 is 0 Å². The Morgan fingerprint density at radius 1 is 1.50 bits per heavy atom. The van der Waals surface area contributed by atoms with Gasteiger partial charge in [-0.2, -0.15) is 5.10 Å². The molecule has 6 heteroatoms. The highest BCUT2D eigenvalue weighted by atomic mass is 35.5. The van der Waals surface area contributed by atoms with Gasteiger partial charge in [0, 0.05) is 0 Å². The molecule has 0 aliphatic carbocycles. The first-order valence-electron chi connectivity index (χ1n) is 4.58. The van der Waals surface area contributed by atoms with Crippen molar-refractivity contribution in [2.24, 2.45) is 10.8 Å². The second-order valence-electron chi connectivity index (χ2n) is 2.79. The molecule has 1 aromatic rings. The minimum Gasteiger partial charge on any atom is -0.494 e. The molecular formula is C10H15ClN4O. The van der Waals surface area contributed by atoms with Gasteiger partial charge < -0.3 is 10.5 Å². The molecule has 0 radical (unpaired) electrons. The molecule has 88 valence electrons. The normalized spacial score (nSPS) is 9.56. The van der Waals surface area contributed by atoms with Crippen LogP contribution in [0.4, 0.5) is 0 Å². The number of nitrogens with zero attached hydrogens (tertiary/aromatic N) is 1. The lowest BCUT2D eigenvalue weighted by Crippen LogP contribution is -2.25. The molecular weight excluding hydrogens is 228 g/mol. The number of halogens is 1. The number of hydrazone groups is 1. The van der Waals surface area contributed by atoms with E-state index in [1.807, 2.05) is 31.2 Å². The molecule has 5 nitrogen and oxygen atoms in total. The van der Waals surface area contributed by atoms with Crippen LogP contribution in [0.15, 0.2) is 29.4 Å². The molecule has 4 N–H and O–H groups in total. The van der Waals surface area contributed by atoms with Crippen molar-refractivity contribution >= 4 is 24.6 Å². The molecule has 0 fully saturated rings. The third kappa shape index (κ3) is 5.21. The van der Waals surface area contributed by atoms with Crippen molar-refractivity contribution in [3.05, 3.63) is 29.8 Å². The predicted octanol–water partition coefficient (Wildman–Crippen LogP) is 1.32. The van der Waals surface area contributed by atoms with E-state index in [2.05, 4.69) is 10.5 Å². The molecule has 0 atom stereocenters. The number of hydrogen-bond donors (Lipinski definition) is 3. The van der Waals surface area contributed by atoms with E-state index in [9.17, 15) is 0 Å². The number of ether oxygens (including phenoxy) is 1. The monoisotopic (exact) mass is 242 g/mol. The summed E-state index contributed by atoms with van der Waals surface area (Å²) in [6.07, 6.45) is 1.58. The highest BCUT2D eigenvalue weighted by molar-refractivity contribution is 5.85. The Morgan fingerprint density at radius 3 is 2.62 bits per heavy atom. The van der Waals surface area contributed by atoms with Gasteiger partial charge in [-0.15, -0.1) is 12.4 Å². The first-order chi connectivity index (χ1) is 7.22. The molecule has 0 saturated heterocycles. The van der Waals surface area contributed by atoms with Crippen molar-refractivity contribution in [1.29, 1.82) is 5.41 Å². The fraction of sp³-hybridized carbons (Fsp3) is 0.200. The SMILES string of the molecule is CCOc1ccc(/C=N/NC(=N)N)cc1.Cl. The van der Waals surface area contributed by atoms with Gasteiger partial charge in [0.15, 0.2) is 0 Å². The smallest absolute Gasteiger partial charge is 0.206 e. The van der Waals surface area contributed by atoms with E-state index in [1.54, 1.807) is 6.21 Å². The molecule has 0 saturated carbocycles. The molecule has 16 heavy (non-hydrogen) atoms. The number of guanidine groups is 1. The maximum absolute atomic E-state index is 6.88. The summed E-state index contributed by atoms with van der Waals surface area (Å²) in [5.41, 5.74) is 8.30. The molecule has 0 aromatic heterocycles. The van der Waals surface area contributed by atoms with Crippen LogP contribution in [0, 0.1) is 5.41 Å². The Hall–Kier alpha value is -1.75. The lowest BCUT2D eigenvalue weighted by atomic mass is 10.2. The Kier molecular flexibility index (Phi) is 6.71. The van der Waals surface area contributed by atoms with Gasteiger partial charge in [0.1, 0.15) is 5.75 Å². The molecule has 0 aliphatic rings. The summed E-state index contributed by atoms with van der Waals surface area (Å²) in [5.74, 6) is 0.645. The number of benzene rings is 1. The molecule has 0 aliphatic heterocycles. The van der Waals surface area contributed by atoms with E-state index in [0.29, 0.717) is 6.61 Å². The average molecular weight is 243 g/mol. The fourth-order valence-corrected chi connectivity index (χ4v) is 0.993. The average Bonchev–Trinajstić information content (AvgIpc) is 2.20. The van der Waals surface area contributed by atoms with E-state index in [-0.39, 0.29) is 18.4 Å². The summed E-state index contributed by atoms with van der Waals surface area (Å²) >= 11 is 0. The third-order valence-electron chi connectivity index (χ3n) is 1.59. The Balaban J connectivity index is 0.00000225. The Morgan fingerprint density at radius 2 is 2.12 bits per heavy atom. The molecule has 0 amide bonds. The quantitative estimate of drug-likeness (QED) is 0.423. The van der Waals surface area contributed by atoms with E-state index in [1.165, 1.54) is 0 Å². The maximum atomic E-state index is 6.88. The zero-order valence-corrected chi connectivity index (χ0v) is 9.75. The van der Waals surface area contributed by atoms with Gasteiger partial charge in [0.05, 0.1) is 12.8 Å². The second-order valence-corrected chi connectivity index (χ2v) is 2.79. The number of hydrogen-bond acceptors (Lipinski definition) is 3. The van der Waals surface area contributed by atoms with Gasteiger partial charge in [-0.3, -0.25) is 5.41 Å². The molecule has 0 heterocycles. The van der Waals surface area contributed by atoms with Crippen molar-refractivity contribution in [3.8, 4) is 5.75 Å². The first-order valence-corrected chi connectivity index (χ1v) is 4.58. The van der Waals surface area contributed by atoms with Crippen molar-refractivity contribution < 1.29 is 4.74 Å². The molecule has 0 bridgehead atoms. The molecule has 1 rings (SSSR count). The minimum atomic E-state index is -0.183. The molecule has 0 unspecified atom stereocenters. The summed E-state index contributed by atoms with van der Waals surface area (Å²) in [7, 11) is 0. The zero-order chi connectivity index (χ0) is 11.1. The zero-order valence-electron chi connectivity index (χ0n) is 8.93. The highest BCUT2D eigenvalue weighted by Crippen LogP contribution is 2.10. The van der Waals surface area contributed by atoms with Crippen molar-refractivity contribution in [2.75, 3.05) is 6.61 Å². The first kappa shape index (κ1) is 14.2. The van der Waals surface area contributed by atoms with Crippen molar-refractivity contribution in [2.45, 2.75) is 6.92 Å². The van der Waals surface area contributed by atoms with E-state index in [0.717, 1.165) is 11.3 Å². The van der Waals surface area contributed by atoms with Gasteiger partial charge in [-0.1, -0.05) is 0 Å². The second kappa shape index (κ2) is 7.53. The van der Waals surface area contributed by atoms with Gasteiger partial charge in [0.2, 0.25) is 5.96 Å². The van der Waals surface area contributed by atoms with Crippen LogP contribution in [-0.4, -0.2) is 18.8 Å². The van der Waals surface area contributed by atoms with Crippen LogP contribution >= 0.6 is 12.4 Å². The van der Waals surface area contributed by atoms with Crippen molar-refractivity contribution in [1.82, 2.24) is 5.43 Å². The standard InChI is InChI=1S/C10H14N4O.ClH/c1-2-15-9-5-3-8(4-6-9)7-13-14-10(11)12;/h3-7H,2H2,1H3,(H4,11,12,14);1H/b13-7+;. The van der Waals surface area contributed by atoms with Crippen molar-refractivity contribution in [3.63, 3.8) is 0 Å². The maximum Gasteiger partial charge on any atom is 0.206 e. The van der Waals surface area contributed by atoms with Crippen LogP contribution in [0.1, 0.15) is 12.5 Å². The van der Waals surface area contributed by atoms with Crippen LogP contribution in [0.3, 0.4) is 0 Å². The van der Waals surface area contributed by atoms with E-state index in [4.69, 9.17) is 15.9 Å². The Labute approximate surface area is 101 Å². The molecule has 0 spiro atoms. The number of nitrogens with two attached hydrogens (primary N) is 1. The number of nitrogens with one attached hydrogen (secondary N) is 2.